The lowest BCUT2D eigenvalue weighted by Gasteiger charge is -2.03. The molecule has 0 aliphatic rings. The Hall–Kier alpha value is -2.50. The van der Waals surface area contributed by atoms with Crippen LogP contribution in [0.2, 0.25) is 0 Å². The minimum absolute atomic E-state index is 0.199. The maximum atomic E-state index is 10.1. The molecule has 0 bridgehead atoms. The molecule has 1 N–H and O–H groups in total. The number of para-hydroxylation sites is 1. The van der Waals surface area contributed by atoms with Crippen LogP contribution in [0.3, 0.4) is 0 Å². The maximum Gasteiger partial charge on any atom is 0.138 e. The highest BCUT2D eigenvalue weighted by Crippen LogP contribution is 2.31. The first-order valence-corrected chi connectivity index (χ1v) is 9.70. The number of hydrogen-bond donors (Lipinski definition) is 1. The van der Waals surface area contributed by atoms with Crippen molar-refractivity contribution in [3.8, 4) is 16.3 Å². The van der Waals surface area contributed by atoms with E-state index in [1.165, 1.54) is 4.70 Å². The lowest BCUT2D eigenvalue weighted by atomic mass is 10.1. The van der Waals surface area contributed by atoms with E-state index < -0.39 is 0 Å². The first-order chi connectivity index (χ1) is 12.6. The van der Waals surface area contributed by atoms with Crippen LogP contribution in [-0.4, -0.2) is 16.3 Å². The highest BCUT2D eigenvalue weighted by molar-refractivity contribution is 9.10. The standard InChI is InChI=1S/C21H15BrN2OS/c1-13-10-15(20(25)17(22)11-13)12-23-16-8-6-14(7-9-16)21-24-18-4-2-3-5-19(18)26-21/h2-12,25H,1H3. The van der Waals surface area contributed by atoms with E-state index in [0.717, 1.165) is 27.3 Å². The summed E-state index contributed by atoms with van der Waals surface area (Å²) >= 11 is 5.04. The smallest absolute Gasteiger partial charge is 0.138 e. The summed E-state index contributed by atoms with van der Waals surface area (Å²) in [6.07, 6.45) is 1.68. The number of phenolic OH excluding ortho intramolecular Hbond substituents is 1. The Kier molecular flexibility index (Phi) is 4.57. The summed E-state index contributed by atoms with van der Waals surface area (Å²) in [6, 6.07) is 19.9. The minimum Gasteiger partial charge on any atom is -0.506 e. The molecule has 5 heteroatoms. The summed E-state index contributed by atoms with van der Waals surface area (Å²) in [5.74, 6) is 0.199. The van der Waals surface area contributed by atoms with Gasteiger partial charge in [-0.2, -0.15) is 0 Å². The van der Waals surface area contributed by atoms with E-state index in [-0.39, 0.29) is 5.75 Å². The Bertz CT molecular complexity index is 1080. The van der Waals surface area contributed by atoms with Gasteiger partial charge in [-0.25, -0.2) is 4.98 Å². The molecule has 0 aliphatic heterocycles. The number of aromatic hydroxyl groups is 1. The van der Waals surface area contributed by atoms with Crippen molar-refractivity contribution in [2.75, 3.05) is 0 Å². The van der Waals surface area contributed by atoms with Gasteiger partial charge in [0, 0.05) is 17.3 Å². The van der Waals surface area contributed by atoms with E-state index in [2.05, 4.69) is 32.0 Å². The minimum atomic E-state index is 0.199. The molecule has 26 heavy (non-hydrogen) atoms. The fourth-order valence-corrected chi connectivity index (χ4v) is 4.25. The zero-order valence-corrected chi connectivity index (χ0v) is 16.4. The van der Waals surface area contributed by atoms with Crippen LogP contribution in [-0.2, 0) is 0 Å². The Morgan fingerprint density at radius 2 is 1.85 bits per heavy atom. The molecular weight excluding hydrogens is 408 g/mol. The summed E-state index contributed by atoms with van der Waals surface area (Å²) in [5.41, 5.74) is 4.67. The normalized spacial score (nSPS) is 11.5. The quantitative estimate of drug-likeness (QED) is 0.383. The molecule has 4 rings (SSSR count). The predicted octanol–water partition coefficient (Wildman–Crippen LogP) is 6.49. The number of halogens is 1. The van der Waals surface area contributed by atoms with Gasteiger partial charge in [0.05, 0.1) is 20.4 Å². The molecule has 0 atom stereocenters. The van der Waals surface area contributed by atoms with Crippen LogP contribution in [0.1, 0.15) is 11.1 Å². The number of nitrogens with zero attached hydrogens (tertiary/aromatic N) is 2. The zero-order valence-electron chi connectivity index (χ0n) is 14.0. The zero-order chi connectivity index (χ0) is 18.1. The third-order valence-corrected chi connectivity index (χ3v) is 5.69. The van der Waals surface area contributed by atoms with Crippen molar-refractivity contribution < 1.29 is 5.11 Å². The van der Waals surface area contributed by atoms with Crippen molar-refractivity contribution in [1.29, 1.82) is 0 Å². The summed E-state index contributed by atoms with van der Waals surface area (Å²) in [7, 11) is 0. The molecule has 0 fully saturated rings. The van der Waals surface area contributed by atoms with Gasteiger partial charge in [0.25, 0.3) is 0 Å². The fourth-order valence-electron chi connectivity index (χ4n) is 2.69. The Labute approximate surface area is 163 Å². The van der Waals surface area contributed by atoms with Crippen molar-refractivity contribution in [2.24, 2.45) is 4.99 Å². The largest absolute Gasteiger partial charge is 0.506 e. The van der Waals surface area contributed by atoms with Crippen molar-refractivity contribution in [1.82, 2.24) is 4.98 Å². The van der Waals surface area contributed by atoms with Gasteiger partial charge in [-0.05, 0) is 76.9 Å². The van der Waals surface area contributed by atoms with Gasteiger partial charge < -0.3 is 5.11 Å². The molecule has 0 radical (unpaired) electrons. The number of aliphatic imine (C=N–C) groups is 1. The number of aromatic nitrogens is 1. The lowest BCUT2D eigenvalue weighted by Crippen LogP contribution is -1.86. The van der Waals surface area contributed by atoms with Crippen LogP contribution < -0.4 is 0 Å². The second-order valence-electron chi connectivity index (χ2n) is 5.98. The second kappa shape index (κ2) is 7.02. The Balaban J connectivity index is 1.60. The second-order valence-corrected chi connectivity index (χ2v) is 7.86. The van der Waals surface area contributed by atoms with Gasteiger partial charge in [-0.1, -0.05) is 12.1 Å². The molecule has 128 valence electrons. The van der Waals surface area contributed by atoms with Gasteiger partial charge in [0.1, 0.15) is 10.8 Å². The Morgan fingerprint density at radius 1 is 1.08 bits per heavy atom. The molecule has 3 nitrogen and oxygen atoms in total. The fraction of sp³-hybridized carbons (Fsp3) is 0.0476. The SMILES string of the molecule is Cc1cc(Br)c(O)c(C=Nc2ccc(-c3nc4ccccc4s3)cc2)c1. The number of aryl methyl sites for hydroxylation is 1. The van der Waals surface area contributed by atoms with Gasteiger partial charge in [0.15, 0.2) is 0 Å². The summed E-state index contributed by atoms with van der Waals surface area (Å²) in [4.78, 5) is 9.15. The molecule has 0 aliphatic carbocycles. The van der Waals surface area contributed by atoms with Gasteiger partial charge in [-0.3, -0.25) is 4.99 Å². The third-order valence-electron chi connectivity index (χ3n) is 4.00. The molecule has 0 saturated heterocycles. The first-order valence-electron chi connectivity index (χ1n) is 8.09. The summed E-state index contributed by atoms with van der Waals surface area (Å²) in [5, 5.41) is 11.1. The molecule has 0 saturated carbocycles. The van der Waals surface area contributed by atoms with Crippen molar-refractivity contribution in [3.05, 3.63) is 76.3 Å². The van der Waals surface area contributed by atoms with Crippen LogP contribution in [0.5, 0.6) is 5.75 Å². The van der Waals surface area contributed by atoms with Crippen LogP contribution in [0.15, 0.2) is 70.1 Å². The predicted molar refractivity (Wildman–Crippen MR) is 113 cm³/mol. The summed E-state index contributed by atoms with van der Waals surface area (Å²) in [6.45, 7) is 1.98. The van der Waals surface area contributed by atoms with Gasteiger partial charge >= 0.3 is 0 Å². The van der Waals surface area contributed by atoms with E-state index in [0.29, 0.717) is 10.0 Å². The van der Waals surface area contributed by atoms with Crippen LogP contribution >= 0.6 is 27.3 Å². The highest BCUT2D eigenvalue weighted by atomic mass is 79.9. The number of benzene rings is 3. The van der Waals surface area contributed by atoms with E-state index in [1.807, 2.05) is 61.5 Å². The van der Waals surface area contributed by atoms with Gasteiger partial charge in [0.2, 0.25) is 0 Å². The molecule has 4 aromatic rings. The van der Waals surface area contributed by atoms with E-state index in [1.54, 1.807) is 17.6 Å². The number of rotatable bonds is 3. The van der Waals surface area contributed by atoms with Crippen molar-refractivity contribution in [3.63, 3.8) is 0 Å². The van der Waals surface area contributed by atoms with E-state index >= 15 is 0 Å². The monoisotopic (exact) mass is 422 g/mol. The lowest BCUT2D eigenvalue weighted by molar-refractivity contribution is 0.471. The maximum absolute atomic E-state index is 10.1. The average molecular weight is 423 g/mol. The molecule has 1 heterocycles. The topological polar surface area (TPSA) is 45.5 Å². The van der Waals surface area contributed by atoms with Crippen molar-refractivity contribution in [2.45, 2.75) is 6.92 Å². The number of thiazole rings is 1. The van der Waals surface area contributed by atoms with E-state index in [9.17, 15) is 5.11 Å². The highest BCUT2D eigenvalue weighted by Gasteiger charge is 2.06. The molecule has 0 unspecified atom stereocenters. The number of phenols is 1. The average Bonchev–Trinajstić information content (AvgIpc) is 3.08. The number of hydrogen-bond acceptors (Lipinski definition) is 4. The van der Waals surface area contributed by atoms with Crippen LogP contribution in [0.25, 0.3) is 20.8 Å². The van der Waals surface area contributed by atoms with Crippen LogP contribution in [0.4, 0.5) is 5.69 Å². The first kappa shape index (κ1) is 16.9. The number of fused-ring (bicyclic) bond motifs is 1. The molecule has 3 aromatic carbocycles. The van der Waals surface area contributed by atoms with E-state index in [4.69, 9.17) is 0 Å². The molecule has 0 spiro atoms. The van der Waals surface area contributed by atoms with Crippen LogP contribution in [0, 0.1) is 6.92 Å². The van der Waals surface area contributed by atoms with Gasteiger partial charge in [-0.15, -0.1) is 11.3 Å². The third kappa shape index (κ3) is 3.41. The molecule has 1 aromatic heterocycles. The Morgan fingerprint density at radius 3 is 2.62 bits per heavy atom. The summed E-state index contributed by atoms with van der Waals surface area (Å²) < 4.78 is 1.86. The molecular formula is C21H15BrN2OS. The van der Waals surface area contributed by atoms with Crippen molar-refractivity contribution >= 4 is 49.4 Å². The molecule has 0 amide bonds.